The van der Waals surface area contributed by atoms with Crippen molar-refractivity contribution in [3.63, 3.8) is 0 Å². The van der Waals surface area contributed by atoms with E-state index in [-0.39, 0.29) is 5.41 Å². The smallest absolute Gasteiger partial charge is 0.0557 e. The van der Waals surface area contributed by atoms with E-state index in [0.717, 1.165) is 6.42 Å². The van der Waals surface area contributed by atoms with Crippen molar-refractivity contribution in [3.8, 4) is 0 Å². The molecule has 0 amide bonds. The molecule has 0 aliphatic carbocycles. The molecule has 20 heavy (non-hydrogen) atoms. The largest absolute Gasteiger partial charge is 0.378 e. The van der Waals surface area contributed by atoms with Gasteiger partial charge in [-0.3, -0.25) is 0 Å². The van der Waals surface area contributed by atoms with Crippen LogP contribution in [0.1, 0.15) is 49.1 Å². The summed E-state index contributed by atoms with van der Waals surface area (Å²) in [7, 11) is 0. The lowest BCUT2D eigenvalue weighted by Crippen LogP contribution is -2.10. The van der Waals surface area contributed by atoms with E-state index >= 15 is 0 Å². The molecule has 0 saturated heterocycles. The van der Waals surface area contributed by atoms with Crippen molar-refractivity contribution in [2.45, 2.75) is 45.6 Å². The molecular weight excluding hydrogens is 242 g/mol. The molecule has 1 heterocycles. The van der Waals surface area contributed by atoms with Crippen LogP contribution in [-0.4, -0.2) is 0 Å². The van der Waals surface area contributed by atoms with Crippen molar-refractivity contribution in [1.29, 1.82) is 0 Å². The molecule has 2 aromatic rings. The van der Waals surface area contributed by atoms with Crippen molar-refractivity contribution in [1.82, 2.24) is 0 Å². The minimum Gasteiger partial charge on any atom is -0.378 e. The molecule has 1 N–H and O–H groups in total. The molecule has 0 bridgehead atoms. The Bertz CT molecular complexity index is 634. The van der Waals surface area contributed by atoms with Crippen LogP contribution in [0.2, 0.25) is 0 Å². The summed E-state index contributed by atoms with van der Waals surface area (Å²) >= 11 is 0. The minimum atomic E-state index is 0.218. The molecule has 2 aromatic carbocycles. The van der Waals surface area contributed by atoms with Crippen molar-refractivity contribution in [2.75, 3.05) is 5.32 Å². The predicted octanol–water partition coefficient (Wildman–Crippen LogP) is 5.00. The van der Waals surface area contributed by atoms with Gasteiger partial charge in [-0.05, 0) is 47.1 Å². The molecule has 0 fully saturated rings. The molecule has 3 rings (SSSR count). The zero-order valence-electron chi connectivity index (χ0n) is 12.8. The Hall–Kier alpha value is -1.76. The highest BCUT2D eigenvalue weighted by molar-refractivity contribution is 5.60. The lowest BCUT2D eigenvalue weighted by Gasteiger charge is -2.19. The van der Waals surface area contributed by atoms with Gasteiger partial charge in [0.25, 0.3) is 0 Å². The van der Waals surface area contributed by atoms with Crippen LogP contribution in [0.5, 0.6) is 0 Å². The van der Waals surface area contributed by atoms with E-state index in [4.69, 9.17) is 0 Å². The van der Waals surface area contributed by atoms with Crippen molar-refractivity contribution in [3.05, 3.63) is 64.7 Å². The van der Waals surface area contributed by atoms with Gasteiger partial charge in [0.05, 0.1) is 6.04 Å². The molecule has 0 aromatic heterocycles. The second kappa shape index (κ2) is 4.66. The quantitative estimate of drug-likeness (QED) is 0.765. The minimum absolute atomic E-state index is 0.218. The Morgan fingerprint density at radius 1 is 1.05 bits per heavy atom. The van der Waals surface area contributed by atoms with E-state index in [2.05, 4.69) is 75.5 Å². The van der Waals surface area contributed by atoms with Gasteiger partial charge in [0.15, 0.2) is 0 Å². The number of fused-ring (bicyclic) bond motifs is 1. The normalized spacial score (nSPS) is 17.7. The van der Waals surface area contributed by atoms with Gasteiger partial charge >= 0.3 is 0 Å². The fraction of sp³-hybridized carbons (Fsp3) is 0.368. The third-order valence-electron chi connectivity index (χ3n) is 4.29. The third kappa shape index (κ3) is 2.33. The summed E-state index contributed by atoms with van der Waals surface area (Å²) in [5.74, 6) is 0. The molecule has 0 radical (unpaired) electrons. The standard InChI is InChI=1S/C19H23N/c1-13-7-5-6-8-16(13)18-12-14-11-15(19(2,3)4)9-10-17(14)20-18/h5-11,18,20H,12H2,1-4H3. The van der Waals surface area contributed by atoms with Crippen LogP contribution in [0, 0.1) is 6.92 Å². The molecule has 1 nitrogen and oxygen atoms in total. The van der Waals surface area contributed by atoms with Crippen LogP contribution in [-0.2, 0) is 11.8 Å². The van der Waals surface area contributed by atoms with Gasteiger partial charge in [0, 0.05) is 5.69 Å². The first kappa shape index (κ1) is 13.2. The topological polar surface area (TPSA) is 12.0 Å². The van der Waals surface area contributed by atoms with Crippen molar-refractivity contribution < 1.29 is 0 Å². The summed E-state index contributed by atoms with van der Waals surface area (Å²) < 4.78 is 0. The van der Waals surface area contributed by atoms with Crippen LogP contribution < -0.4 is 5.32 Å². The zero-order valence-corrected chi connectivity index (χ0v) is 12.8. The fourth-order valence-corrected chi connectivity index (χ4v) is 2.99. The van der Waals surface area contributed by atoms with Gasteiger partial charge in [-0.15, -0.1) is 0 Å². The molecule has 1 unspecified atom stereocenters. The number of nitrogens with one attached hydrogen (secondary N) is 1. The summed E-state index contributed by atoms with van der Waals surface area (Å²) in [5.41, 5.74) is 7.17. The number of hydrogen-bond donors (Lipinski definition) is 1. The van der Waals surface area contributed by atoms with Crippen LogP contribution in [0.15, 0.2) is 42.5 Å². The number of aryl methyl sites for hydroxylation is 1. The summed E-state index contributed by atoms with van der Waals surface area (Å²) in [6.45, 7) is 9.02. The van der Waals surface area contributed by atoms with E-state index in [1.807, 2.05) is 0 Å². The maximum atomic E-state index is 3.67. The summed E-state index contributed by atoms with van der Waals surface area (Å²) in [5, 5.41) is 3.67. The van der Waals surface area contributed by atoms with Gasteiger partial charge in [0.2, 0.25) is 0 Å². The Morgan fingerprint density at radius 3 is 2.50 bits per heavy atom. The van der Waals surface area contributed by atoms with E-state index < -0.39 is 0 Å². The molecule has 104 valence electrons. The summed E-state index contributed by atoms with van der Waals surface area (Å²) in [4.78, 5) is 0. The van der Waals surface area contributed by atoms with Crippen LogP contribution in [0.25, 0.3) is 0 Å². The van der Waals surface area contributed by atoms with Crippen LogP contribution in [0.3, 0.4) is 0 Å². The average molecular weight is 265 g/mol. The Morgan fingerprint density at radius 2 is 1.80 bits per heavy atom. The van der Waals surface area contributed by atoms with Gasteiger partial charge < -0.3 is 5.32 Å². The average Bonchev–Trinajstić information content (AvgIpc) is 2.80. The lowest BCUT2D eigenvalue weighted by atomic mass is 9.85. The highest BCUT2D eigenvalue weighted by atomic mass is 14.9. The SMILES string of the molecule is Cc1ccccc1C1Cc2cc(C(C)(C)C)ccc2N1. The Labute approximate surface area is 122 Å². The second-order valence-electron chi connectivity index (χ2n) is 6.88. The monoisotopic (exact) mass is 265 g/mol. The van der Waals surface area contributed by atoms with Gasteiger partial charge in [-0.2, -0.15) is 0 Å². The first-order valence-electron chi connectivity index (χ1n) is 7.40. The maximum Gasteiger partial charge on any atom is 0.0557 e. The van der Waals surface area contributed by atoms with Crippen molar-refractivity contribution in [2.24, 2.45) is 0 Å². The van der Waals surface area contributed by atoms with E-state index in [1.165, 1.54) is 27.9 Å². The summed E-state index contributed by atoms with van der Waals surface area (Å²) in [6.07, 6.45) is 1.09. The molecule has 1 heteroatoms. The number of hydrogen-bond acceptors (Lipinski definition) is 1. The van der Waals surface area contributed by atoms with E-state index in [9.17, 15) is 0 Å². The van der Waals surface area contributed by atoms with Crippen LogP contribution in [0.4, 0.5) is 5.69 Å². The number of anilines is 1. The van der Waals surface area contributed by atoms with Gasteiger partial charge in [-0.25, -0.2) is 0 Å². The molecule has 0 spiro atoms. The van der Waals surface area contributed by atoms with Crippen LogP contribution >= 0.6 is 0 Å². The predicted molar refractivity (Wildman–Crippen MR) is 86.4 cm³/mol. The second-order valence-corrected chi connectivity index (χ2v) is 6.88. The molecular formula is C19H23N. The first-order chi connectivity index (χ1) is 9.45. The lowest BCUT2D eigenvalue weighted by molar-refractivity contribution is 0.589. The number of rotatable bonds is 1. The highest BCUT2D eigenvalue weighted by Gasteiger charge is 2.24. The first-order valence-corrected chi connectivity index (χ1v) is 7.40. The van der Waals surface area contributed by atoms with E-state index in [0.29, 0.717) is 6.04 Å². The highest BCUT2D eigenvalue weighted by Crippen LogP contribution is 2.37. The Balaban J connectivity index is 1.91. The molecule has 1 aliphatic heterocycles. The number of benzene rings is 2. The Kier molecular flexibility index (Phi) is 3.08. The molecule has 0 saturated carbocycles. The maximum absolute atomic E-state index is 3.67. The van der Waals surface area contributed by atoms with Gasteiger partial charge in [-0.1, -0.05) is 57.2 Å². The zero-order chi connectivity index (χ0) is 14.3. The molecule has 1 atom stereocenters. The fourth-order valence-electron chi connectivity index (χ4n) is 2.99. The van der Waals surface area contributed by atoms with E-state index in [1.54, 1.807) is 0 Å². The molecule has 1 aliphatic rings. The third-order valence-corrected chi connectivity index (χ3v) is 4.29. The van der Waals surface area contributed by atoms with Crippen molar-refractivity contribution >= 4 is 5.69 Å². The van der Waals surface area contributed by atoms with Gasteiger partial charge in [0.1, 0.15) is 0 Å². The summed E-state index contributed by atoms with van der Waals surface area (Å²) in [6, 6.07) is 16.0.